The van der Waals surface area contributed by atoms with Crippen LogP contribution in [-0.4, -0.2) is 42.3 Å². The van der Waals surface area contributed by atoms with E-state index in [0.29, 0.717) is 31.9 Å². The molecular formula is C21H22N4O3. The van der Waals surface area contributed by atoms with E-state index in [1.807, 2.05) is 18.2 Å². The molecular weight excluding hydrogens is 356 g/mol. The third-order valence-electron chi connectivity index (χ3n) is 5.09. The maximum absolute atomic E-state index is 13.0. The van der Waals surface area contributed by atoms with Crippen molar-refractivity contribution in [3.8, 4) is 11.6 Å². The minimum absolute atomic E-state index is 0.0635. The fourth-order valence-corrected chi connectivity index (χ4v) is 3.53. The summed E-state index contributed by atoms with van der Waals surface area (Å²) in [5.74, 6) is -1.07. The van der Waals surface area contributed by atoms with Crippen LogP contribution in [0.15, 0.2) is 53.1 Å². The van der Waals surface area contributed by atoms with Gasteiger partial charge in [-0.2, -0.15) is 0 Å². The van der Waals surface area contributed by atoms with Gasteiger partial charge in [-0.1, -0.05) is 30.3 Å². The zero-order chi connectivity index (χ0) is 19.7. The van der Waals surface area contributed by atoms with Crippen LogP contribution in [0.4, 0.5) is 5.69 Å². The lowest BCUT2D eigenvalue weighted by Crippen LogP contribution is -2.52. The zero-order valence-corrected chi connectivity index (χ0v) is 16.0. The molecule has 4 rings (SSSR count). The molecule has 0 spiro atoms. The Bertz CT molecular complexity index is 992. The average Bonchev–Trinajstić information content (AvgIpc) is 3.11. The van der Waals surface area contributed by atoms with Crippen molar-refractivity contribution in [1.82, 2.24) is 10.2 Å². The van der Waals surface area contributed by atoms with Gasteiger partial charge >= 0.3 is 11.6 Å². The first kappa shape index (κ1) is 18.0. The number of amides is 1. The summed E-state index contributed by atoms with van der Waals surface area (Å²) in [7, 11) is 0. The van der Waals surface area contributed by atoms with Gasteiger partial charge < -0.3 is 19.4 Å². The van der Waals surface area contributed by atoms with E-state index in [2.05, 4.69) is 42.2 Å². The fraction of sp³-hybridized carbons (Fsp3) is 0.286. The van der Waals surface area contributed by atoms with Crippen LogP contribution < -0.4 is 14.7 Å². The van der Waals surface area contributed by atoms with Crippen LogP contribution in [0.25, 0.3) is 5.69 Å². The third-order valence-corrected chi connectivity index (χ3v) is 5.09. The molecule has 1 amide bonds. The van der Waals surface area contributed by atoms with E-state index in [1.165, 1.54) is 21.5 Å². The quantitative estimate of drug-likeness (QED) is 0.647. The molecule has 1 aromatic heterocycles. The van der Waals surface area contributed by atoms with Gasteiger partial charge in [-0.05, 0) is 35.7 Å². The Balaban J connectivity index is 1.52. The Morgan fingerprint density at radius 1 is 1.07 bits per heavy atom. The summed E-state index contributed by atoms with van der Waals surface area (Å²) in [6, 6.07) is 15.4. The number of benzene rings is 2. The van der Waals surface area contributed by atoms with Gasteiger partial charge in [-0.15, -0.1) is 0 Å². The van der Waals surface area contributed by atoms with Gasteiger partial charge in [0.1, 0.15) is 0 Å². The van der Waals surface area contributed by atoms with Crippen LogP contribution >= 0.6 is 0 Å². The minimum atomic E-state index is -0.717. The number of aryl methyl sites for hydroxylation is 2. The molecule has 1 saturated heterocycles. The SMILES string of the molecule is Cc1ccc(C)c(N2CCN(C(=O)c3c([O-])on[n+]3-c3ccccc3)CC2)c1. The molecule has 3 aromatic rings. The highest BCUT2D eigenvalue weighted by molar-refractivity contribution is 5.92. The Morgan fingerprint density at radius 3 is 2.50 bits per heavy atom. The second kappa shape index (κ2) is 7.34. The molecule has 28 heavy (non-hydrogen) atoms. The van der Waals surface area contributed by atoms with Crippen molar-refractivity contribution in [2.75, 3.05) is 31.1 Å². The second-order valence-corrected chi connectivity index (χ2v) is 7.03. The molecule has 0 aliphatic carbocycles. The lowest BCUT2D eigenvalue weighted by molar-refractivity contribution is -0.672. The van der Waals surface area contributed by atoms with Crippen molar-refractivity contribution < 1.29 is 19.1 Å². The van der Waals surface area contributed by atoms with Gasteiger partial charge in [-0.3, -0.25) is 4.79 Å². The molecule has 1 aliphatic heterocycles. The highest BCUT2D eigenvalue weighted by Crippen LogP contribution is 2.23. The van der Waals surface area contributed by atoms with Crippen molar-refractivity contribution in [1.29, 1.82) is 0 Å². The van der Waals surface area contributed by atoms with Crippen molar-refractivity contribution in [2.45, 2.75) is 13.8 Å². The van der Waals surface area contributed by atoms with Gasteiger partial charge in [0.15, 0.2) is 5.95 Å². The largest absolute Gasteiger partial charge is 0.538 e. The van der Waals surface area contributed by atoms with Gasteiger partial charge in [0, 0.05) is 44.0 Å². The molecule has 0 unspecified atom stereocenters. The van der Waals surface area contributed by atoms with Crippen LogP contribution in [0.3, 0.4) is 0 Å². The number of nitrogens with zero attached hydrogens (tertiary/aromatic N) is 4. The molecule has 0 radical (unpaired) electrons. The van der Waals surface area contributed by atoms with E-state index in [4.69, 9.17) is 4.52 Å². The molecule has 0 atom stereocenters. The molecule has 0 saturated carbocycles. The number of rotatable bonds is 3. The van der Waals surface area contributed by atoms with E-state index in [0.717, 1.165) is 0 Å². The predicted molar refractivity (Wildman–Crippen MR) is 102 cm³/mol. The number of hydrogen-bond acceptors (Lipinski definition) is 5. The summed E-state index contributed by atoms with van der Waals surface area (Å²) < 4.78 is 6.06. The van der Waals surface area contributed by atoms with Crippen LogP contribution in [0.1, 0.15) is 21.6 Å². The van der Waals surface area contributed by atoms with Crippen LogP contribution in [0.5, 0.6) is 5.95 Å². The maximum atomic E-state index is 13.0. The lowest BCUT2D eigenvalue weighted by atomic mass is 10.1. The number of anilines is 1. The Kier molecular flexibility index (Phi) is 4.73. The predicted octanol–water partition coefficient (Wildman–Crippen LogP) is 1.60. The zero-order valence-electron chi connectivity index (χ0n) is 16.0. The van der Waals surface area contributed by atoms with Crippen molar-refractivity contribution >= 4 is 11.6 Å². The minimum Gasteiger partial charge on any atom is -0.538 e. The molecule has 1 aliphatic rings. The van der Waals surface area contributed by atoms with Crippen molar-refractivity contribution in [3.05, 3.63) is 65.4 Å². The Hall–Kier alpha value is -3.35. The number of carbonyl (C=O) groups excluding carboxylic acids is 1. The first-order chi connectivity index (χ1) is 13.5. The maximum Gasteiger partial charge on any atom is 0.327 e. The van der Waals surface area contributed by atoms with Crippen LogP contribution in [-0.2, 0) is 0 Å². The monoisotopic (exact) mass is 378 g/mol. The summed E-state index contributed by atoms with van der Waals surface area (Å²) in [4.78, 5) is 17.0. The van der Waals surface area contributed by atoms with Crippen molar-refractivity contribution in [3.63, 3.8) is 0 Å². The van der Waals surface area contributed by atoms with Gasteiger partial charge in [-0.25, -0.2) is 0 Å². The molecule has 1 fully saturated rings. The summed E-state index contributed by atoms with van der Waals surface area (Å²) in [5.41, 5.74) is 4.18. The highest BCUT2D eigenvalue weighted by Gasteiger charge is 2.33. The van der Waals surface area contributed by atoms with E-state index in [1.54, 1.807) is 17.0 Å². The first-order valence-corrected chi connectivity index (χ1v) is 9.30. The number of carbonyl (C=O) groups is 1. The van der Waals surface area contributed by atoms with Crippen LogP contribution in [0, 0.1) is 13.8 Å². The molecule has 0 N–H and O–H groups in total. The Labute approximate surface area is 163 Å². The molecule has 144 valence electrons. The number of hydrogen-bond donors (Lipinski definition) is 0. The standard InChI is InChI=1S/C21H22N4O3/c1-15-8-9-16(2)18(14-15)23-10-12-24(13-11-23)20(26)19-21(27)28-22-25(19)17-6-4-3-5-7-17/h3-9,14H,10-13H2,1-2H3. The highest BCUT2D eigenvalue weighted by atomic mass is 16.6. The summed E-state index contributed by atoms with van der Waals surface area (Å²) >= 11 is 0. The number of aromatic nitrogens is 2. The Morgan fingerprint density at radius 2 is 1.79 bits per heavy atom. The van der Waals surface area contributed by atoms with Crippen molar-refractivity contribution in [2.24, 2.45) is 0 Å². The number of para-hydroxylation sites is 1. The van der Waals surface area contributed by atoms with E-state index in [-0.39, 0.29) is 11.6 Å². The smallest absolute Gasteiger partial charge is 0.327 e. The summed E-state index contributed by atoms with van der Waals surface area (Å²) in [6.45, 7) is 6.65. The van der Waals surface area contributed by atoms with E-state index < -0.39 is 5.95 Å². The molecule has 2 aromatic carbocycles. The summed E-state index contributed by atoms with van der Waals surface area (Å²) in [5, 5.41) is 15.9. The topological polar surface area (TPSA) is 76.5 Å². The van der Waals surface area contributed by atoms with Gasteiger partial charge in [0.05, 0.1) is 5.27 Å². The fourth-order valence-electron chi connectivity index (χ4n) is 3.53. The first-order valence-electron chi connectivity index (χ1n) is 9.30. The third kappa shape index (κ3) is 3.31. The molecule has 7 nitrogen and oxygen atoms in total. The molecule has 0 bridgehead atoms. The van der Waals surface area contributed by atoms with Gasteiger partial charge in [0.2, 0.25) is 5.69 Å². The van der Waals surface area contributed by atoms with Gasteiger partial charge in [0.25, 0.3) is 0 Å². The average molecular weight is 378 g/mol. The van der Waals surface area contributed by atoms with E-state index in [9.17, 15) is 9.90 Å². The molecule has 2 heterocycles. The molecule has 7 heteroatoms. The number of piperazine rings is 1. The normalized spacial score (nSPS) is 14.4. The second-order valence-electron chi connectivity index (χ2n) is 7.03. The lowest BCUT2D eigenvalue weighted by Gasteiger charge is -2.36. The van der Waals surface area contributed by atoms with E-state index >= 15 is 0 Å². The summed E-state index contributed by atoms with van der Waals surface area (Å²) in [6.07, 6.45) is 0. The van der Waals surface area contributed by atoms with Crippen LogP contribution in [0.2, 0.25) is 0 Å².